The minimum absolute atomic E-state index is 0.177. The van der Waals surface area contributed by atoms with Gasteiger partial charge in [-0.15, -0.1) is 11.3 Å². The number of methoxy groups -OCH3 is 2. The van der Waals surface area contributed by atoms with Gasteiger partial charge in [0.1, 0.15) is 10.4 Å². The van der Waals surface area contributed by atoms with Crippen LogP contribution >= 0.6 is 27.3 Å². The normalized spacial score (nSPS) is 11.2. The van der Waals surface area contributed by atoms with E-state index in [2.05, 4.69) is 20.9 Å². The van der Waals surface area contributed by atoms with Gasteiger partial charge in [-0.2, -0.15) is 0 Å². The highest BCUT2D eigenvalue weighted by Crippen LogP contribution is 2.36. The van der Waals surface area contributed by atoms with E-state index in [-0.39, 0.29) is 23.6 Å². The summed E-state index contributed by atoms with van der Waals surface area (Å²) >= 11 is 4.78. The van der Waals surface area contributed by atoms with Crippen molar-refractivity contribution in [1.82, 2.24) is 9.55 Å². The van der Waals surface area contributed by atoms with Crippen LogP contribution < -0.4 is 15.0 Å². The van der Waals surface area contributed by atoms with E-state index in [1.165, 1.54) is 22.2 Å². The van der Waals surface area contributed by atoms with Gasteiger partial charge in [-0.1, -0.05) is 22.0 Å². The fraction of sp³-hybridized carbons (Fsp3) is 0.125. The fourth-order valence-electron chi connectivity index (χ4n) is 3.68. The number of carbonyl (C=O) groups excluding carboxylic acids is 1. The number of hydrogen-bond acceptors (Lipinski definition) is 7. The van der Waals surface area contributed by atoms with E-state index in [0.29, 0.717) is 27.3 Å². The maximum atomic E-state index is 13.3. The highest BCUT2D eigenvalue weighted by atomic mass is 79.9. The molecule has 3 aromatic heterocycles. The zero-order chi connectivity index (χ0) is 23.1. The Kier molecular flexibility index (Phi) is 5.51. The summed E-state index contributed by atoms with van der Waals surface area (Å²) in [6.45, 7) is -0.177. The van der Waals surface area contributed by atoms with Crippen molar-refractivity contribution in [2.45, 2.75) is 6.54 Å². The van der Waals surface area contributed by atoms with Gasteiger partial charge in [0, 0.05) is 20.8 Å². The maximum absolute atomic E-state index is 13.3. The topological polar surface area (TPSA) is 83.6 Å². The minimum atomic E-state index is -0.312. The Morgan fingerprint density at radius 3 is 2.73 bits per heavy atom. The van der Waals surface area contributed by atoms with Crippen molar-refractivity contribution in [3.05, 3.63) is 74.8 Å². The molecule has 0 radical (unpaired) electrons. The number of benzene rings is 2. The first kappa shape index (κ1) is 21.4. The molecule has 166 valence electrons. The largest absolute Gasteiger partial charge is 0.493 e. The van der Waals surface area contributed by atoms with Crippen molar-refractivity contribution >= 4 is 54.2 Å². The molecule has 0 aliphatic heterocycles. The van der Waals surface area contributed by atoms with Crippen molar-refractivity contribution < 1.29 is 18.7 Å². The molecule has 2 aromatic carbocycles. The second kappa shape index (κ2) is 8.49. The monoisotopic (exact) mass is 524 g/mol. The number of aromatic nitrogens is 2. The van der Waals surface area contributed by atoms with Crippen molar-refractivity contribution in [2.24, 2.45) is 0 Å². The predicted octanol–water partition coefficient (Wildman–Crippen LogP) is 5.53. The SMILES string of the molecule is COc1ccc(-c2csc3ncn(CC(=O)c4cc5cc(Br)ccc5o4)c(=O)c23)cc1OC. The number of fused-ring (bicyclic) bond motifs is 2. The third-order valence-corrected chi connectivity index (χ3v) is 6.70. The lowest BCUT2D eigenvalue weighted by molar-refractivity contribution is 0.0945. The number of rotatable bonds is 6. The number of halogens is 1. The van der Waals surface area contributed by atoms with Crippen LogP contribution in [0.25, 0.3) is 32.3 Å². The highest BCUT2D eigenvalue weighted by molar-refractivity contribution is 9.10. The van der Waals surface area contributed by atoms with Gasteiger partial charge in [-0.25, -0.2) is 4.98 Å². The first-order chi connectivity index (χ1) is 16.0. The lowest BCUT2D eigenvalue weighted by atomic mass is 10.1. The zero-order valence-corrected chi connectivity index (χ0v) is 20.0. The second-order valence-electron chi connectivity index (χ2n) is 7.29. The van der Waals surface area contributed by atoms with Crippen LogP contribution in [0.2, 0.25) is 0 Å². The summed E-state index contributed by atoms with van der Waals surface area (Å²) in [5.74, 6) is 1.04. The molecule has 5 rings (SSSR count). The van der Waals surface area contributed by atoms with Crippen LogP contribution in [0.4, 0.5) is 0 Å². The number of ether oxygens (including phenoxy) is 2. The van der Waals surface area contributed by atoms with E-state index in [9.17, 15) is 9.59 Å². The summed E-state index contributed by atoms with van der Waals surface area (Å²) in [7, 11) is 3.13. The number of thiophene rings is 1. The molecule has 0 atom stereocenters. The first-order valence-electron chi connectivity index (χ1n) is 9.90. The summed E-state index contributed by atoms with van der Waals surface area (Å²) in [5.41, 5.74) is 1.84. The third-order valence-electron chi connectivity index (χ3n) is 5.32. The maximum Gasteiger partial charge on any atom is 0.263 e. The zero-order valence-electron chi connectivity index (χ0n) is 17.6. The Bertz CT molecular complexity index is 1580. The van der Waals surface area contributed by atoms with Gasteiger partial charge < -0.3 is 13.9 Å². The van der Waals surface area contributed by atoms with Gasteiger partial charge in [0.15, 0.2) is 17.3 Å². The molecule has 0 fully saturated rings. The van der Waals surface area contributed by atoms with Gasteiger partial charge in [-0.3, -0.25) is 14.2 Å². The van der Waals surface area contributed by atoms with E-state index in [1.807, 2.05) is 29.6 Å². The number of ketones is 1. The van der Waals surface area contributed by atoms with Gasteiger partial charge in [0.2, 0.25) is 5.78 Å². The average Bonchev–Trinajstić information content (AvgIpc) is 3.45. The van der Waals surface area contributed by atoms with Crippen molar-refractivity contribution in [1.29, 1.82) is 0 Å². The quantitative estimate of drug-likeness (QED) is 0.271. The van der Waals surface area contributed by atoms with Gasteiger partial charge in [0.25, 0.3) is 5.56 Å². The van der Waals surface area contributed by atoms with Crippen molar-refractivity contribution in [2.75, 3.05) is 14.2 Å². The van der Waals surface area contributed by atoms with E-state index >= 15 is 0 Å². The molecule has 0 aliphatic carbocycles. The first-order valence-corrected chi connectivity index (χ1v) is 11.6. The Labute approximate surface area is 200 Å². The van der Waals surface area contributed by atoms with Crippen LogP contribution in [0.15, 0.2) is 67.9 Å². The molecular formula is C24H17BrN2O5S. The van der Waals surface area contributed by atoms with E-state index in [1.54, 1.807) is 32.4 Å². The van der Waals surface area contributed by atoms with E-state index < -0.39 is 0 Å². The molecular weight excluding hydrogens is 508 g/mol. The Hall–Kier alpha value is -3.43. The Morgan fingerprint density at radius 2 is 1.94 bits per heavy atom. The van der Waals surface area contributed by atoms with Crippen LogP contribution in [0.3, 0.4) is 0 Å². The van der Waals surface area contributed by atoms with E-state index in [0.717, 1.165) is 21.0 Å². The summed E-state index contributed by atoms with van der Waals surface area (Å²) < 4.78 is 18.6. The fourth-order valence-corrected chi connectivity index (χ4v) is 4.97. The molecule has 0 saturated heterocycles. The number of Topliss-reactive ketones (excluding diaryl/α,β-unsaturated/α-hetero) is 1. The molecule has 0 saturated carbocycles. The van der Waals surface area contributed by atoms with Crippen LogP contribution in [0, 0.1) is 0 Å². The van der Waals surface area contributed by atoms with Crippen molar-refractivity contribution in [3.8, 4) is 22.6 Å². The van der Waals surface area contributed by atoms with E-state index in [4.69, 9.17) is 13.9 Å². The van der Waals surface area contributed by atoms with Gasteiger partial charge >= 0.3 is 0 Å². The lowest BCUT2D eigenvalue weighted by Gasteiger charge is -2.09. The van der Waals surface area contributed by atoms with Crippen LogP contribution in [-0.2, 0) is 6.54 Å². The third kappa shape index (κ3) is 3.83. The molecule has 0 N–H and O–H groups in total. The molecule has 5 aromatic rings. The van der Waals surface area contributed by atoms with Crippen LogP contribution in [0.5, 0.6) is 11.5 Å². The summed E-state index contributed by atoms with van der Waals surface area (Å²) in [6, 6.07) is 12.6. The number of furan rings is 1. The molecule has 0 amide bonds. The number of carbonyl (C=O) groups is 1. The van der Waals surface area contributed by atoms with Gasteiger partial charge in [-0.05, 0) is 42.0 Å². The molecule has 33 heavy (non-hydrogen) atoms. The molecule has 0 bridgehead atoms. The molecule has 9 heteroatoms. The average molecular weight is 525 g/mol. The van der Waals surface area contributed by atoms with Crippen molar-refractivity contribution in [3.63, 3.8) is 0 Å². The highest BCUT2D eigenvalue weighted by Gasteiger charge is 2.18. The smallest absolute Gasteiger partial charge is 0.263 e. The Morgan fingerprint density at radius 1 is 1.12 bits per heavy atom. The Balaban J connectivity index is 1.53. The standard InChI is InChI=1S/C24H17BrN2O5S/c1-30-19-5-3-13(8-21(19)31-2)16-11-33-23-22(16)24(29)27(12-26-23)10-17(28)20-9-14-7-15(25)4-6-18(14)32-20/h3-9,11-12H,10H2,1-2H3. The molecule has 0 spiro atoms. The minimum Gasteiger partial charge on any atom is -0.493 e. The van der Waals surface area contributed by atoms with Crippen LogP contribution in [-0.4, -0.2) is 29.6 Å². The number of hydrogen-bond donors (Lipinski definition) is 0. The molecule has 0 unspecified atom stereocenters. The number of nitrogens with zero attached hydrogens (tertiary/aromatic N) is 2. The predicted molar refractivity (Wildman–Crippen MR) is 131 cm³/mol. The second-order valence-corrected chi connectivity index (χ2v) is 9.07. The molecule has 7 nitrogen and oxygen atoms in total. The van der Waals surface area contributed by atoms with Crippen LogP contribution in [0.1, 0.15) is 10.6 Å². The lowest BCUT2D eigenvalue weighted by Crippen LogP contribution is -2.24. The summed E-state index contributed by atoms with van der Waals surface area (Å²) in [4.78, 5) is 31.2. The molecule has 0 aliphatic rings. The molecule has 3 heterocycles. The summed E-state index contributed by atoms with van der Waals surface area (Å²) in [6.07, 6.45) is 1.40. The van der Waals surface area contributed by atoms with Gasteiger partial charge in [0.05, 0.1) is 32.5 Å². The summed E-state index contributed by atoms with van der Waals surface area (Å²) in [5, 5.41) is 3.14.